The van der Waals surface area contributed by atoms with E-state index >= 15 is 0 Å². The molecule has 0 radical (unpaired) electrons. The van der Waals surface area contributed by atoms with Gasteiger partial charge < -0.3 is 10.1 Å². The highest BCUT2D eigenvalue weighted by Gasteiger charge is 2.29. The largest absolute Gasteiger partial charge is 0.493 e. The van der Waals surface area contributed by atoms with Crippen molar-refractivity contribution in [2.75, 3.05) is 26.4 Å². The van der Waals surface area contributed by atoms with Gasteiger partial charge in [-0.3, -0.25) is 4.39 Å². The monoisotopic (exact) mass is 221 g/mol. The second-order valence-corrected chi connectivity index (χ2v) is 4.64. The Morgan fingerprint density at radius 2 is 2.31 bits per heavy atom. The second-order valence-electron chi connectivity index (χ2n) is 4.64. The van der Waals surface area contributed by atoms with Crippen LogP contribution in [0.1, 0.15) is 17.0 Å². The smallest absolute Gasteiger partial charge is 0.122 e. The fourth-order valence-corrected chi connectivity index (χ4v) is 2.72. The number of hydrogen-bond donors (Lipinski definition) is 1. The number of halogens is 1. The number of rotatable bonds is 2. The number of hydrogen-bond acceptors (Lipinski definition) is 2. The van der Waals surface area contributed by atoms with E-state index in [-0.39, 0.29) is 12.6 Å². The minimum atomic E-state index is -0.231. The predicted molar refractivity (Wildman–Crippen MR) is 60.7 cm³/mol. The van der Waals surface area contributed by atoms with Crippen LogP contribution >= 0.6 is 0 Å². The molecule has 0 aliphatic carbocycles. The first kappa shape index (κ1) is 10.1. The summed E-state index contributed by atoms with van der Waals surface area (Å²) in [5, 5.41) is 3.27. The standard InChI is InChI=1S/C13H16FNO/c14-6-11-7-15-8-12(11)9-1-2-13-10(5-9)3-4-16-13/h1-2,5,11-12,15H,3-4,6-8H2/t11-,12-/m1/s1. The van der Waals surface area contributed by atoms with Gasteiger partial charge >= 0.3 is 0 Å². The summed E-state index contributed by atoms with van der Waals surface area (Å²) in [6, 6.07) is 6.32. The maximum Gasteiger partial charge on any atom is 0.122 e. The molecule has 0 saturated carbocycles. The Morgan fingerprint density at radius 3 is 3.19 bits per heavy atom. The van der Waals surface area contributed by atoms with Crippen LogP contribution in [0.2, 0.25) is 0 Å². The zero-order chi connectivity index (χ0) is 11.0. The maximum atomic E-state index is 12.8. The fourth-order valence-electron chi connectivity index (χ4n) is 2.72. The molecule has 3 heteroatoms. The van der Waals surface area contributed by atoms with Crippen LogP contribution in [-0.4, -0.2) is 26.4 Å². The topological polar surface area (TPSA) is 21.3 Å². The summed E-state index contributed by atoms with van der Waals surface area (Å²) in [5.41, 5.74) is 2.54. The average molecular weight is 221 g/mol. The van der Waals surface area contributed by atoms with Crippen molar-refractivity contribution >= 4 is 0 Å². The van der Waals surface area contributed by atoms with Crippen molar-refractivity contribution in [2.45, 2.75) is 12.3 Å². The Kier molecular flexibility index (Phi) is 2.56. The third kappa shape index (κ3) is 1.59. The molecule has 0 aromatic heterocycles. The molecule has 86 valence electrons. The van der Waals surface area contributed by atoms with Gasteiger partial charge in [-0.15, -0.1) is 0 Å². The molecule has 0 bridgehead atoms. The first-order valence-electron chi connectivity index (χ1n) is 5.91. The molecule has 1 aromatic carbocycles. The van der Waals surface area contributed by atoms with E-state index in [1.54, 1.807) is 0 Å². The first-order chi connectivity index (χ1) is 7.88. The summed E-state index contributed by atoms with van der Waals surface area (Å²) >= 11 is 0. The van der Waals surface area contributed by atoms with E-state index in [0.29, 0.717) is 5.92 Å². The van der Waals surface area contributed by atoms with Crippen LogP contribution in [0.15, 0.2) is 18.2 Å². The lowest BCUT2D eigenvalue weighted by atomic mass is 9.88. The molecule has 2 aliphatic heterocycles. The minimum Gasteiger partial charge on any atom is -0.493 e. The van der Waals surface area contributed by atoms with Crippen molar-refractivity contribution in [2.24, 2.45) is 5.92 Å². The Labute approximate surface area is 94.8 Å². The summed E-state index contributed by atoms with van der Waals surface area (Å²) in [6.07, 6.45) is 0.990. The van der Waals surface area contributed by atoms with E-state index in [1.165, 1.54) is 11.1 Å². The highest BCUT2D eigenvalue weighted by Crippen LogP contribution is 2.33. The normalized spacial score (nSPS) is 27.8. The SMILES string of the molecule is FC[C@@H]1CNC[C@@H]1c1ccc2c(c1)CCO2. The third-order valence-electron chi connectivity index (χ3n) is 3.68. The number of nitrogens with one attached hydrogen (secondary N) is 1. The van der Waals surface area contributed by atoms with Crippen LogP contribution in [-0.2, 0) is 6.42 Å². The lowest BCUT2D eigenvalue weighted by molar-refractivity contribution is 0.355. The van der Waals surface area contributed by atoms with Crippen molar-refractivity contribution in [1.29, 1.82) is 0 Å². The molecule has 2 aliphatic rings. The third-order valence-corrected chi connectivity index (χ3v) is 3.68. The van der Waals surface area contributed by atoms with E-state index < -0.39 is 0 Å². The summed E-state index contributed by atoms with van der Waals surface area (Å²) < 4.78 is 18.3. The van der Waals surface area contributed by atoms with Crippen molar-refractivity contribution in [3.05, 3.63) is 29.3 Å². The fraction of sp³-hybridized carbons (Fsp3) is 0.538. The quantitative estimate of drug-likeness (QED) is 0.823. The van der Waals surface area contributed by atoms with Crippen molar-refractivity contribution in [1.82, 2.24) is 5.32 Å². The molecule has 1 fully saturated rings. The van der Waals surface area contributed by atoms with Crippen molar-refractivity contribution in [3.8, 4) is 5.75 Å². The van der Waals surface area contributed by atoms with Crippen LogP contribution in [0.3, 0.4) is 0 Å². The molecule has 0 unspecified atom stereocenters. The van der Waals surface area contributed by atoms with Crippen molar-refractivity contribution < 1.29 is 9.13 Å². The van der Waals surface area contributed by atoms with E-state index in [2.05, 4.69) is 17.4 Å². The molecule has 2 nitrogen and oxygen atoms in total. The van der Waals surface area contributed by atoms with Gasteiger partial charge in [0.15, 0.2) is 0 Å². The van der Waals surface area contributed by atoms with Gasteiger partial charge in [0.1, 0.15) is 5.75 Å². The lowest BCUT2D eigenvalue weighted by Gasteiger charge is -2.16. The highest BCUT2D eigenvalue weighted by atomic mass is 19.1. The number of benzene rings is 1. The van der Waals surface area contributed by atoms with Gasteiger partial charge in [-0.05, 0) is 17.2 Å². The zero-order valence-electron chi connectivity index (χ0n) is 9.21. The molecule has 1 N–H and O–H groups in total. The van der Waals surface area contributed by atoms with Crippen molar-refractivity contribution in [3.63, 3.8) is 0 Å². The van der Waals surface area contributed by atoms with Crippen LogP contribution in [0.25, 0.3) is 0 Å². The summed E-state index contributed by atoms with van der Waals surface area (Å²) in [7, 11) is 0. The van der Waals surface area contributed by atoms with Gasteiger partial charge in [-0.25, -0.2) is 0 Å². The molecule has 1 aromatic rings. The summed E-state index contributed by atoms with van der Waals surface area (Å²) in [4.78, 5) is 0. The van der Waals surface area contributed by atoms with E-state index in [4.69, 9.17) is 4.74 Å². The summed E-state index contributed by atoms with van der Waals surface area (Å²) in [5.74, 6) is 1.47. The average Bonchev–Trinajstić information content (AvgIpc) is 2.96. The molecule has 1 saturated heterocycles. The molecular weight excluding hydrogens is 205 g/mol. The molecule has 16 heavy (non-hydrogen) atoms. The first-order valence-corrected chi connectivity index (χ1v) is 5.91. The molecular formula is C13H16FNO. The molecule has 2 atom stereocenters. The predicted octanol–water partition coefficient (Wildman–Crippen LogP) is 1.89. The highest BCUT2D eigenvalue weighted by molar-refractivity contribution is 5.41. The number of ether oxygens (including phenoxy) is 1. The molecule has 2 heterocycles. The zero-order valence-corrected chi connectivity index (χ0v) is 9.21. The van der Waals surface area contributed by atoms with Gasteiger partial charge in [0.25, 0.3) is 0 Å². The number of fused-ring (bicyclic) bond motifs is 1. The Bertz CT molecular complexity index is 394. The van der Waals surface area contributed by atoms with Gasteiger partial charge in [-0.2, -0.15) is 0 Å². The maximum absolute atomic E-state index is 12.8. The van der Waals surface area contributed by atoms with Crippen LogP contribution in [0.4, 0.5) is 4.39 Å². The number of alkyl halides is 1. The van der Waals surface area contributed by atoms with E-state index in [0.717, 1.165) is 31.9 Å². The molecule has 0 amide bonds. The Hall–Kier alpha value is -1.09. The lowest BCUT2D eigenvalue weighted by Crippen LogP contribution is -2.12. The van der Waals surface area contributed by atoms with Gasteiger partial charge in [0.05, 0.1) is 13.3 Å². The van der Waals surface area contributed by atoms with Gasteiger partial charge in [0.2, 0.25) is 0 Å². The van der Waals surface area contributed by atoms with Crippen LogP contribution in [0.5, 0.6) is 5.75 Å². The minimum absolute atomic E-state index is 0.139. The molecule has 0 spiro atoms. The Balaban J connectivity index is 1.89. The van der Waals surface area contributed by atoms with Crippen LogP contribution in [0, 0.1) is 5.92 Å². The van der Waals surface area contributed by atoms with Gasteiger partial charge in [-0.1, -0.05) is 12.1 Å². The Morgan fingerprint density at radius 1 is 1.38 bits per heavy atom. The van der Waals surface area contributed by atoms with E-state index in [9.17, 15) is 4.39 Å². The van der Waals surface area contributed by atoms with Crippen LogP contribution < -0.4 is 10.1 Å². The molecule has 3 rings (SSSR count). The second kappa shape index (κ2) is 4.06. The van der Waals surface area contributed by atoms with E-state index in [1.807, 2.05) is 6.07 Å². The summed E-state index contributed by atoms with van der Waals surface area (Å²) in [6.45, 7) is 2.25. The van der Waals surface area contributed by atoms with Gasteiger partial charge in [0, 0.05) is 31.3 Å².